The number of halogens is 2. The van der Waals surface area contributed by atoms with E-state index in [9.17, 15) is 13.6 Å². The molecule has 0 aliphatic carbocycles. The molecule has 8 heteroatoms. The third-order valence-corrected chi connectivity index (χ3v) is 4.35. The van der Waals surface area contributed by atoms with E-state index in [-0.39, 0.29) is 22.4 Å². The zero-order valence-electron chi connectivity index (χ0n) is 13.7. The van der Waals surface area contributed by atoms with Gasteiger partial charge in [0.1, 0.15) is 5.03 Å². The van der Waals surface area contributed by atoms with Gasteiger partial charge in [0.25, 0.3) is 11.7 Å². The second kappa shape index (κ2) is 8.57. The molecular formula is C18H16F2N4OS. The average Bonchev–Trinajstić information content (AvgIpc) is 3.17. The first-order valence-electron chi connectivity index (χ1n) is 7.90. The van der Waals surface area contributed by atoms with E-state index in [0.717, 1.165) is 11.3 Å². The molecule has 5 nitrogen and oxygen atoms in total. The van der Waals surface area contributed by atoms with Gasteiger partial charge in [-0.2, -0.15) is 13.9 Å². The van der Waals surface area contributed by atoms with E-state index >= 15 is 0 Å². The van der Waals surface area contributed by atoms with Crippen molar-refractivity contribution >= 4 is 17.7 Å². The predicted molar refractivity (Wildman–Crippen MR) is 95.7 cm³/mol. The Morgan fingerprint density at radius 1 is 1.15 bits per heavy atom. The Bertz CT molecular complexity index is 854. The largest absolute Gasteiger partial charge is 0.352 e. The molecule has 1 amide bonds. The van der Waals surface area contributed by atoms with Gasteiger partial charge in [0, 0.05) is 25.1 Å². The first-order valence-corrected chi connectivity index (χ1v) is 8.78. The molecule has 3 aromatic rings. The summed E-state index contributed by atoms with van der Waals surface area (Å²) in [5, 5.41) is 6.94. The van der Waals surface area contributed by atoms with Gasteiger partial charge in [-0.05, 0) is 54.1 Å². The van der Waals surface area contributed by atoms with Crippen LogP contribution in [0.25, 0.3) is 5.69 Å². The SMILES string of the molecule is O=C(NCCc1ccc(-n2cccn2)cc1)c1cccnc1SC(F)F. The van der Waals surface area contributed by atoms with Crippen LogP contribution in [0.15, 0.2) is 66.1 Å². The van der Waals surface area contributed by atoms with Crippen LogP contribution < -0.4 is 5.32 Å². The summed E-state index contributed by atoms with van der Waals surface area (Å²) in [5.41, 5.74) is 2.16. The van der Waals surface area contributed by atoms with Crippen molar-refractivity contribution in [3.8, 4) is 5.69 Å². The van der Waals surface area contributed by atoms with Crippen molar-refractivity contribution in [1.29, 1.82) is 0 Å². The van der Waals surface area contributed by atoms with E-state index in [0.29, 0.717) is 13.0 Å². The van der Waals surface area contributed by atoms with Crippen LogP contribution in [0.4, 0.5) is 8.78 Å². The molecule has 0 fully saturated rings. The van der Waals surface area contributed by atoms with Gasteiger partial charge in [-0.15, -0.1) is 0 Å². The first-order chi connectivity index (χ1) is 12.6. The van der Waals surface area contributed by atoms with Gasteiger partial charge in [0.2, 0.25) is 0 Å². The lowest BCUT2D eigenvalue weighted by Crippen LogP contribution is -2.26. The fourth-order valence-corrected chi connectivity index (χ4v) is 2.97. The molecule has 2 heterocycles. The zero-order valence-corrected chi connectivity index (χ0v) is 14.5. The molecule has 0 aliphatic rings. The molecule has 0 unspecified atom stereocenters. The van der Waals surface area contributed by atoms with Gasteiger partial charge in [-0.3, -0.25) is 4.79 Å². The van der Waals surface area contributed by atoms with Crippen molar-refractivity contribution in [3.63, 3.8) is 0 Å². The topological polar surface area (TPSA) is 59.8 Å². The number of carbonyl (C=O) groups excluding carboxylic acids is 1. The van der Waals surface area contributed by atoms with Crippen LogP contribution >= 0.6 is 11.8 Å². The minimum Gasteiger partial charge on any atom is -0.352 e. The molecule has 0 saturated heterocycles. The number of thioether (sulfide) groups is 1. The molecule has 0 spiro atoms. The molecular weight excluding hydrogens is 358 g/mol. The number of carbonyl (C=O) groups is 1. The van der Waals surface area contributed by atoms with Crippen LogP contribution in [-0.4, -0.2) is 33.0 Å². The second-order valence-corrected chi connectivity index (χ2v) is 6.34. The van der Waals surface area contributed by atoms with Crippen LogP contribution in [0.3, 0.4) is 0 Å². The normalized spacial score (nSPS) is 10.9. The van der Waals surface area contributed by atoms with Crippen LogP contribution in [0.2, 0.25) is 0 Å². The van der Waals surface area contributed by atoms with Gasteiger partial charge >= 0.3 is 0 Å². The van der Waals surface area contributed by atoms with Gasteiger partial charge < -0.3 is 5.32 Å². The standard InChI is InChI=1S/C18H16F2N4OS/c19-18(20)26-17-15(3-1-9-22-17)16(25)21-11-8-13-4-6-14(7-5-13)24-12-2-10-23-24/h1-7,9-10,12,18H,8,11H2,(H,21,25). The maximum atomic E-state index is 12.6. The molecule has 0 aliphatic heterocycles. The van der Waals surface area contributed by atoms with Crippen molar-refractivity contribution in [2.75, 3.05) is 6.54 Å². The molecule has 0 atom stereocenters. The molecule has 1 aromatic carbocycles. The number of hydrogen-bond acceptors (Lipinski definition) is 4. The van der Waals surface area contributed by atoms with E-state index in [2.05, 4.69) is 15.4 Å². The number of alkyl halides is 2. The second-order valence-electron chi connectivity index (χ2n) is 5.36. The molecule has 134 valence electrons. The molecule has 0 bridgehead atoms. The lowest BCUT2D eigenvalue weighted by Gasteiger charge is -2.09. The Balaban J connectivity index is 1.56. The Hall–Kier alpha value is -2.74. The number of nitrogens with zero attached hydrogens (tertiary/aromatic N) is 3. The smallest absolute Gasteiger partial charge is 0.290 e. The summed E-state index contributed by atoms with van der Waals surface area (Å²) < 4.78 is 26.9. The number of hydrogen-bond donors (Lipinski definition) is 1. The van der Waals surface area contributed by atoms with Crippen molar-refractivity contribution in [2.24, 2.45) is 0 Å². The average molecular weight is 374 g/mol. The molecule has 0 saturated carbocycles. The Kier molecular flexibility index (Phi) is 5.96. The summed E-state index contributed by atoms with van der Waals surface area (Å²) >= 11 is 0.270. The maximum Gasteiger partial charge on any atom is 0.290 e. The molecule has 3 rings (SSSR count). The van der Waals surface area contributed by atoms with E-state index in [1.807, 2.05) is 36.5 Å². The monoisotopic (exact) mass is 374 g/mol. The van der Waals surface area contributed by atoms with Crippen molar-refractivity contribution in [1.82, 2.24) is 20.1 Å². The number of rotatable bonds is 7. The Morgan fingerprint density at radius 3 is 2.65 bits per heavy atom. The van der Waals surface area contributed by atoms with Crippen LogP contribution in [0.5, 0.6) is 0 Å². The summed E-state index contributed by atoms with van der Waals surface area (Å²) in [7, 11) is 0. The van der Waals surface area contributed by atoms with Crippen LogP contribution in [-0.2, 0) is 6.42 Å². The number of pyridine rings is 1. The molecule has 26 heavy (non-hydrogen) atoms. The van der Waals surface area contributed by atoms with Crippen molar-refractivity contribution in [2.45, 2.75) is 17.2 Å². The fraction of sp³-hybridized carbons (Fsp3) is 0.167. The molecule has 0 radical (unpaired) electrons. The fourth-order valence-electron chi connectivity index (χ4n) is 2.39. The summed E-state index contributed by atoms with van der Waals surface area (Å²) in [4.78, 5) is 16.1. The third-order valence-electron chi connectivity index (χ3n) is 3.62. The summed E-state index contributed by atoms with van der Waals surface area (Å²) in [5.74, 6) is -3.03. The predicted octanol–water partition coefficient (Wildman–Crippen LogP) is 3.55. The molecule has 2 aromatic heterocycles. The lowest BCUT2D eigenvalue weighted by atomic mass is 10.1. The zero-order chi connectivity index (χ0) is 18.4. The van der Waals surface area contributed by atoms with Gasteiger partial charge in [0.15, 0.2) is 0 Å². The number of aromatic nitrogens is 3. The Labute approximate surface area is 153 Å². The van der Waals surface area contributed by atoms with Crippen molar-refractivity contribution < 1.29 is 13.6 Å². The third kappa shape index (κ3) is 4.66. The van der Waals surface area contributed by atoms with Gasteiger partial charge in [-0.1, -0.05) is 12.1 Å². The highest BCUT2D eigenvalue weighted by molar-refractivity contribution is 7.99. The molecule has 1 N–H and O–H groups in total. The summed E-state index contributed by atoms with van der Waals surface area (Å²) in [6.07, 6.45) is 5.59. The lowest BCUT2D eigenvalue weighted by molar-refractivity contribution is 0.0950. The maximum absolute atomic E-state index is 12.6. The summed E-state index contributed by atoms with van der Waals surface area (Å²) in [6, 6.07) is 12.7. The van der Waals surface area contributed by atoms with E-state index in [1.165, 1.54) is 12.3 Å². The van der Waals surface area contributed by atoms with Crippen LogP contribution in [0, 0.1) is 0 Å². The van der Waals surface area contributed by atoms with E-state index in [4.69, 9.17) is 0 Å². The van der Waals surface area contributed by atoms with Crippen LogP contribution in [0.1, 0.15) is 15.9 Å². The van der Waals surface area contributed by atoms with Gasteiger partial charge in [-0.25, -0.2) is 9.67 Å². The number of amides is 1. The highest BCUT2D eigenvalue weighted by Gasteiger charge is 2.16. The quantitative estimate of drug-likeness (QED) is 0.643. The minimum absolute atomic E-state index is 0.0311. The van der Waals surface area contributed by atoms with E-state index in [1.54, 1.807) is 16.9 Å². The number of nitrogens with one attached hydrogen (secondary N) is 1. The Morgan fingerprint density at radius 2 is 1.96 bits per heavy atom. The first kappa shape index (κ1) is 18.1. The van der Waals surface area contributed by atoms with Crippen molar-refractivity contribution in [3.05, 3.63) is 72.2 Å². The highest BCUT2D eigenvalue weighted by Crippen LogP contribution is 2.26. The van der Waals surface area contributed by atoms with Gasteiger partial charge in [0.05, 0.1) is 11.3 Å². The highest BCUT2D eigenvalue weighted by atomic mass is 32.2. The number of benzene rings is 1. The summed E-state index contributed by atoms with van der Waals surface area (Å²) in [6.45, 7) is 0.396. The minimum atomic E-state index is -2.62. The van der Waals surface area contributed by atoms with E-state index < -0.39 is 11.7 Å².